The zero-order valence-electron chi connectivity index (χ0n) is 10.5. The molecule has 0 heterocycles. The van der Waals surface area contributed by atoms with E-state index < -0.39 is 29.7 Å². The Balaban J connectivity index is 2.64. The Hall–Kier alpha value is -2.25. The summed E-state index contributed by atoms with van der Waals surface area (Å²) in [6.07, 6.45) is -4.42. The Bertz CT molecular complexity index is 486. The fraction of sp³-hybridized carbons (Fsp3) is 0.333. The number of alkyl halides is 3. The van der Waals surface area contributed by atoms with Crippen molar-refractivity contribution in [2.75, 3.05) is 11.9 Å². The summed E-state index contributed by atoms with van der Waals surface area (Å²) in [6, 6.07) is 2.99. The maximum atomic E-state index is 12.3. The highest BCUT2D eigenvalue weighted by Crippen LogP contribution is 2.29. The zero-order chi connectivity index (χ0) is 15.3. The molecule has 0 fully saturated rings. The van der Waals surface area contributed by atoms with Gasteiger partial charge in [0, 0.05) is 19.2 Å². The molecular weight excluding hydrogens is 277 g/mol. The highest BCUT2D eigenvalue weighted by molar-refractivity contribution is 5.82. The molecule has 5 nitrogen and oxygen atoms in total. The number of carbonyl (C=O) groups is 2. The van der Waals surface area contributed by atoms with Crippen molar-refractivity contribution in [3.63, 3.8) is 0 Å². The van der Waals surface area contributed by atoms with Crippen molar-refractivity contribution >= 4 is 17.6 Å². The van der Waals surface area contributed by atoms with Gasteiger partial charge in [-0.05, 0) is 24.3 Å². The second-order valence-corrected chi connectivity index (χ2v) is 4.05. The molecule has 1 amide bonds. The summed E-state index contributed by atoms with van der Waals surface area (Å²) >= 11 is 0. The van der Waals surface area contributed by atoms with Gasteiger partial charge < -0.3 is 15.7 Å². The number of hydrogen-bond donors (Lipinski definition) is 3. The van der Waals surface area contributed by atoms with E-state index in [1.807, 2.05) is 0 Å². The molecule has 1 aromatic rings. The summed E-state index contributed by atoms with van der Waals surface area (Å²) in [7, 11) is 0. The fourth-order valence-electron chi connectivity index (χ4n) is 1.44. The van der Waals surface area contributed by atoms with E-state index >= 15 is 0 Å². The molecule has 0 radical (unpaired) electrons. The molecule has 0 aliphatic carbocycles. The molecule has 0 saturated heterocycles. The van der Waals surface area contributed by atoms with Crippen molar-refractivity contribution in [2.24, 2.45) is 0 Å². The van der Waals surface area contributed by atoms with Crippen molar-refractivity contribution in [3.8, 4) is 0 Å². The SMILES string of the molecule is CC(=O)NC(CNc1ccc(C(F)(F)F)cc1)C(=O)O. The first-order chi connectivity index (χ1) is 9.20. The van der Waals surface area contributed by atoms with Crippen molar-refractivity contribution in [1.82, 2.24) is 5.32 Å². The van der Waals surface area contributed by atoms with Crippen molar-refractivity contribution in [1.29, 1.82) is 0 Å². The number of hydrogen-bond acceptors (Lipinski definition) is 3. The van der Waals surface area contributed by atoms with Gasteiger partial charge in [0.15, 0.2) is 0 Å². The maximum absolute atomic E-state index is 12.3. The van der Waals surface area contributed by atoms with Crippen LogP contribution < -0.4 is 10.6 Å². The Labute approximate surface area is 112 Å². The van der Waals surface area contributed by atoms with Crippen molar-refractivity contribution in [2.45, 2.75) is 19.1 Å². The van der Waals surface area contributed by atoms with Crippen LogP contribution >= 0.6 is 0 Å². The standard InChI is InChI=1S/C12H13F3N2O3/c1-7(18)17-10(11(19)20)6-16-9-4-2-8(3-5-9)12(13,14)15/h2-5,10,16H,6H2,1H3,(H,17,18)(H,19,20). The third kappa shape index (κ3) is 4.79. The van der Waals surface area contributed by atoms with Crippen LogP contribution in [0.5, 0.6) is 0 Å². The quantitative estimate of drug-likeness (QED) is 0.771. The van der Waals surface area contributed by atoms with Gasteiger partial charge in [-0.25, -0.2) is 4.79 Å². The van der Waals surface area contributed by atoms with Crippen LogP contribution in [0.2, 0.25) is 0 Å². The molecule has 3 N–H and O–H groups in total. The summed E-state index contributed by atoms with van der Waals surface area (Å²) in [5.41, 5.74) is -0.464. The first-order valence-electron chi connectivity index (χ1n) is 5.61. The van der Waals surface area contributed by atoms with E-state index in [4.69, 9.17) is 5.11 Å². The number of anilines is 1. The third-order valence-electron chi connectivity index (χ3n) is 2.40. The molecule has 110 valence electrons. The van der Waals surface area contributed by atoms with Gasteiger partial charge in [0.2, 0.25) is 5.91 Å². The van der Waals surface area contributed by atoms with Crippen LogP contribution in [-0.4, -0.2) is 29.6 Å². The van der Waals surface area contributed by atoms with Gasteiger partial charge in [0.25, 0.3) is 0 Å². The summed E-state index contributed by atoms with van der Waals surface area (Å²) in [5, 5.41) is 13.7. The number of halogens is 3. The fourth-order valence-corrected chi connectivity index (χ4v) is 1.44. The zero-order valence-corrected chi connectivity index (χ0v) is 10.5. The minimum Gasteiger partial charge on any atom is -0.480 e. The molecule has 0 bridgehead atoms. The maximum Gasteiger partial charge on any atom is 0.416 e. The number of carboxylic acids is 1. The minimum absolute atomic E-state index is 0.139. The molecular formula is C12H13F3N2O3. The minimum atomic E-state index is -4.42. The largest absolute Gasteiger partial charge is 0.480 e. The number of aliphatic carboxylic acids is 1. The van der Waals surface area contributed by atoms with Crippen LogP contribution in [0.3, 0.4) is 0 Å². The third-order valence-corrected chi connectivity index (χ3v) is 2.40. The molecule has 20 heavy (non-hydrogen) atoms. The molecule has 1 aromatic carbocycles. The monoisotopic (exact) mass is 290 g/mol. The molecule has 0 aliphatic heterocycles. The average Bonchev–Trinajstić information content (AvgIpc) is 2.33. The van der Waals surface area contributed by atoms with Crippen LogP contribution in [0.25, 0.3) is 0 Å². The van der Waals surface area contributed by atoms with Gasteiger partial charge in [-0.15, -0.1) is 0 Å². The topological polar surface area (TPSA) is 78.4 Å². The highest BCUT2D eigenvalue weighted by atomic mass is 19.4. The lowest BCUT2D eigenvalue weighted by Crippen LogP contribution is -2.44. The Kier molecular flexibility index (Phi) is 4.95. The van der Waals surface area contributed by atoms with E-state index in [0.29, 0.717) is 5.69 Å². The van der Waals surface area contributed by atoms with Crippen LogP contribution in [0.15, 0.2) is 24.3 Å². The van der Waals surface area contributed by atoms with E-state index in [2.05, 4.69) is 10.6 Å². The van der Waals surface area contributed by atoms with Crippen LogP contribution in [0, 0.1) is 0 Å². The molecule has 0 aliphatic rings. The molecule has 0 aromatic heterocycles. The summed E-state index contributed by atoms with van der Waals surface area (Å²) < 4.78 is 37.0. The molecule has 1 unspecified atom stereocenters. The molecule has 0 saturated carbocycles. The highest BCUT2D eigenvalue weighted by Gasteiger charge is 2.30. The predicted octanol–water partition coefficient (Wildman–Crippen LogP) is 1.71. The summed E-state index contributed by atoms with van der Waals surface area (Å²) in [5.74, 6) is -1.74. The van der Waals surface area contributed by atoms with Gasteiger partial charge in [-0.1, -0.05) is 0 Å². The smallest absolute Gasteiger partial charge is 0.416 e. The van der Waals surface area contributed by atoms with Gasteiger partial charge >= 0.3 is 12.1 Å². The second-order valence-electron chi connectivity index (χ2n) is 4.05. The Morgan fingerprint density at radius 3 is 2.20 bits per heavy atom. The number of carbonyl (C=O) groups excluding carboxylic acids is 1. The summed E-state index contributed by atoms with van der Waals surface area (Å²) in [6.45, 7) is 1.04. The predicted molar refractivity (Wildman–Crippen MR) is 65.2 cm³/mol. The van der Waals surface area contributed by atoms with Gasteiger partial charge in [0.05, 0.1) is 5.56 Å². The van der Waals surface area contributed by atoms with E-state index in [-0.39, 0.29) is 6.54 Å². The lowest BCUT2D eigenvalue weighted by molar-refractivity contribution is -0.141. The van der Waals surface area contributed by atoms with Gasteiger partial charge in [-0.3, -0.25) is 4.79 Å². The molecule has 1 rings (SSSR count). The normalized spacial score (nSPS) is 12.6. The van der Waals surface area contributed by atoms with Crippen LogP contribution in [0.1, 0.15) is 12.5 Å². The first kappa shape index (κ1) is 15.8. The van der Waals surface area contributed by atoms with Crippen LogP contribution in [0.4, 0.5) is 18.9 Å². The number of amides is 1. The van der Waals surface area contributed by atoms with Crippen molar-refractivity contribution in [3.05, 3.63) is 29.8 Å². The number of rotatable bonds is 5. The van der Waals surface area contributed by atoms with E-state index in [0.717, 1.165) is 12.1 Å². The average molecular weight is 290 g/mol. The van der Waals surface area contributed by atoms with Gasteiger partial charge in [0.1, 0.15) is 6.04 Å². The van der Waals surface area contributed by atoms with E-state index in [9.17, 15) is 22.8 Å². The molecule has 0 spiro atoms. The molecule has 1 atom stereocenters. The number of nitrogens with one attached hydrogen (secondary N) is 2. The second kappa shape index (κ2) is 6.27. The van der Waals surface area contributed by atoms with Crippen molar-refractivity contribution < 1.29 is 27.9 Å². The lowest BCUT2D eigenvalue weighted by Gasteiger charge is -2.15. The first-order valence-corrected chi connectivity index (χ1v) is 5.61. The van der Waals surface area contributed by atoms with E-state index in [1.165, 1.54) is 19.1 Å². The Morgan fingerprint density at radius 1 is 1.25 bits per heavy atom. The number of carboxylic acid groups (broad SMARTS) is 1. The summed E-state index contributed by atoms with van der Waals surface area (Å²) in [4.78, 5) is 21.6. The lowest BCUT2D eigenvalue weighted by atomic mass is 10.2. The van der Waals surface area contributed by atoms with Gasteiger partial charge in [-0.2, -0.15) is 13.2 Å². The Morgan fingerprint density at radius 2 is 1.80 bits per heavy atom. The molecule has 8 heteroatoms. The van der Waals surface area contributed by atoms with Crippen LogP contribution in [-0.2, 0) is 15.8 Å². The number of benzene rings is 1. The van der Waals surface area contributed by atoms with E-state index in [1.54, 1.807) is 0 Å².